The van der Waals surface area contributed by atoms with E-state index in [-0.39, 0.29) is 11.6 Å². The molecule has 4 aromatic rings. The highest BCUT2D eigenvalue weighted by Gasteiger charge is 2.31. The fourth-order valence-corrected chi connectivity index (χ4v) is 4.47. The van der Waals surface area contributed by atoms with E-state index in [4.69, 9.17) is 9.72 Å². The quantitative estimate of drug-likeness (QED) is 0.376. The number of aliphatic hydroxyl groups is 1. The highest BCUT2D eigenvalue weighted by atomic mass is 16.6. The van der Waals surface area contributed by atoms with Crippen LogP contribution >= 0.6 is 0 Å². The summed E-state index contributed by atoms with van der Waals surface area (Å²) in [6, 6.07) is 9.87. The number of rotatable bonds is 6. The molecule has 4 heterocycles. The highest BCUT2D eigenvalue weighted by Crippen LogP contribution is 2.36. The molecule has 3 N–H and O–H groups in total. The Morgan fingerprint density at radius 2 is 2.09 bits per heavy atom. The third-order valence-corrected chi connectivity index (χ3v) is 6.35. The molecule has 1 aliphatic carbocycles. The topological polar surface area (TPSA) is 119 Å². The van der Waals surface area contributed by atoms with Gasteiger partial charge in [0.1, 0.15) is 5.39 Å². The monoisotopic (exact) mass is 459 g/mol. The number of hydrogen-bond acceptors (Lipinski definition) is 8. The van der Waals surface area contributed by atoms with Crippen molar-refractivity contribution in [3.8, 4) is 5.69 Å². The van der Waals surface area contributed by atoms with Crippen LogP contribution in [0.15, 0.2) is 47.5 Å². The molecule has 0 amide bonds. The van der Waals surface area contributed by atoms with Gasteiger partial charge in [-0.1, -0.05) is 6.07 Å². The van der Waals surface area contributed by atoms with Crippen molar-refractivity contribution in [1.82, 2.24) is 29.6 Å². The molecule has 1 atom stereocenters. The first-order valence-corrected chi connectivity index (χ1v) is 11.4. The second-order valence-electron chi connectivity index (χ2n) is 8.69. The van der Waals surface area contributed by atoms with E-state index in [2.05, 4.69) is 32.7 Å². The number of pyridine rings is 1. The summed E-state index contributed by atoms with van der Waals surface area (Å²) in [4.78, 5) is 26.6. The molecule has 0 radical (unpaired) electrons. The van der Waals surface area contributed by atoms with Crippen LogP contribution in [0.1, 0.15) is 42.0 Å². The van der Waals surface area contributed by atoms with E-state index in [1.165, 1.54) is 18.2 Å². The summed E-state index contributed by atoms with van der Waals surface area (Å²) in [5, 5.41) is 17.2. The van der Waals surface area contributed by atoms with Crippen molar-refractivity contribution in [3.05, 3.63) is 69.9 Å². The number of benzene rings is 1. The molecule has 1 aromatic carbocycles. The molecule has 1 aliphatic heterocycles. The summed E-state index contributed by atoms with van der Waals surface area (Å²) in [5.41, 5.74) is 4.90. The van der Waals surface area contributed by atoms with E-state index in [1.54, 1.807) is 33.9 Å². The number of fused-ring (bicyclic) bond motifs is 2. The van der Waals surface area contributed by atoms with Gasteiger partial charge in [0.15, 0.2) is 11.9 Å². The van der Waals surface area contributed by atoms with Crippen molar-refractivity contribution in [2.24, 2.45) is 0 Å². The van der Waals surface area contributed by atoms with Crippen molar-refractivity contribution in [3.63, 3.8) is 0 Å². The SMILES string of the molecule is COC(O)c1cc(-n2c3nc(Nc4ccc5c(c4)CNCC5)ncc3c(=O)n2C2CC2)ccn1. The zero-order valence-electron chi connectivity index (χ0n) is 18.7. The minimum absolute atomic E-state index is 0.107. The van der Waals surface area contributed by atoms with E-state index < -0.39 is 6.29 Å². The van der Waals surface area contributed by atoms with Gasteiger partial charge >= 0.3 is 0 Å². The van der Waals surface area contributed by atoms with Crippen LogP contribution in [0.2, 0.25) is 0 Å². The molecule has 0 spiro atoms. The Morgan fingerprint density at radius 3 is 2.91 bits per heavy atom. The third-order valence-electron chi connectivity index (χ3n) is 6.35. The third kappa shape index (κ3) is 3.65. The summed E-state index contributed by atoms with van der Waals surface area (Å²) >= 11 is 0. The largest absolute Gasteiger partial charge is 0.363 e. The molecular formula is C24H25N7O3. The lowest BCUT2D eigenvalue weighted by Crippen LogP contribution is -2.23. The van der Waals surface area contributed by atoms with Gasteiger partial charge < -0.3 is 20.5 Å². The first kappa shape index (κ1) is 21.0. The number of anilines is 2. The maximum atomic E-state index is 13.3. The second kappa shape index (κ2) is 8.32. The lowest BCUT2D eigenvalue weighted by Gasteiger charge is -2.18. The predicted octanol–water partition coefficient (Wildman–Crippen LogP) is 2.34. The average Bonchev–Trinajstić information content (AvgIpc) is 3.67. The zero-order valence-corrected chi connectivity index (χ0v) is 18.7. The minimum atomic E-state index is -1.16. The molecule has 34 heavy (non-hydrogen) atoms. The summed E-state index contributed by atoms with van der Waals surface area (Å²) < 4.78 is 8.54. The summed E-state index contributed by atoms with van der Waals surface area (Å²) in [6.07, 6.45) is 4.88. The number of hydrogen-bond donors (Lipinski definition) is 3. The minimum Gasteiger partial charge on any atom is -0.363 e. The number of ether oxygens (including phenoxy) is 1. The van der Waals surface area contributed by atoms with Crippen LogP contribution in [0.25, 0.3) is 16.7 Å². The van der Waals surface area contributed by atoms with Gasteiger partial charge in [-0.15, -0.1) is 0 Å². The van der Waals surface area contributed by atoms with Crippen molar-refractivity contribution >= 4 is 22.7 Å². The lowest BCUT2D eigenvalue weighted by atomic mass is 10.0. The average molecular weight is 460 g/mol. The molecular weight excluding hydrogens is 434 g/mol. The Bertz CT molecular complexity index is 1440. The molecule has 1 unspecified atom stereocenters. The van der Waals surface area contributed by atoms with Crippen LogP contribution < -0.4 is 16.2 Å². The lowest BCUT2D eigenvalue weighted by molar-refractivity contribution is -0.0798. The van der Waals surface area contributed by atoms with Crippen molar-refractivity contribution in [2.75, 3.05) is 19.0 Å². The van der Waals surface area contributed by atoms with Gasteiger partial charge in [-0.2, -0.15) is 4.98 Å². The van der Waals surface area contributed by atoms with E-state index in [0.29, 0.717) is 28.4 Å². The van der Waals surface area contributed by atoms with Crippen molar-refractivity contribution in [1.29, 1.82) is 0 Å². The van der Waals surface area contributed by atoms with Crippen LogP contribution in [0.3, 0.4) is 0 Å². The van der Waals surface area contributed by atoms with Crippen LogP contribution in [0.5, 0.6) is 0 Å². The fourth-order valence-electron chi connectivity index (χ4n) is 4.47. The van der Waals surface area contributed by atoms with Gasteiger partial charge in [-0.05, 0) is 61.2 Å². The maximum absolute atomic E-state index is 13.3. The number of nitrogens with zero attached hydrogens (tertiary/aromatic N) is 5. The van der Waals surface area contributed by atoms with E-state index in [9.17, 15) is 9.90 Å². The maximum Gasteiger partial charge on any atom is 0.278 e. The second-order valence-corrected chi connectivity index (χ2v) is 8.69. The van der Waals surface area contributed by atoms with Gasteiger partial charge in [0.2, 0.25) is 5.95 Å². The highest BCUT2D eigenvalue weighted by molar-refractivity contribution is 5.77. The molecule has 0 saturated heterocycles. The molecule has 3 aromatic heterocycles. The Morgan fingerprint density at radius 1 is 1.21 bits per heavy atom. The first-order chi connectivity index (χ1) is 16.6. The van der Waals surface area contributed by atoms with Gasteiger partial charge in [0.25, 0.3) is 5.56 Å². The molecule has 174 valence electrons. The predicted molar refractivity (Wildman–Crippen MR) is 126 cm³/mol. The van der Waals surface area contributed by atoms with Crippen LogP contribution in [0, 0.1) is 0 Å². The van der Waals surface area contributed by atoms with Gasteiger partial charge in [0.05, 0.1) is 17.4 Å². The van der Waals surface area contributed by atoms with E-state index in [1.807, 2.05) is 6.07 Å². The summed E-state index contributed by atoms with van der Waals surface area (Å²) in [6.45, 7) is 1.83. The van der Waals surface area contributed by atoms with Crippen molar-refractivity contribution in [2.45, 2.75) is 38.1 Å². The molecule has 2 aliphatic rings. The first-order valence-electron chi connectivity index (χ1n) is 11.4. The van der Waals surface area contributed by atoms with Crippen molar-refractivity contribution < 1.29 is 9.84 Å². The van der Waals surface area contributed by atoms with Gasteiger partial charge in [-0.3, -0.25) is 9.78 Å². The van der Waals surface area contributed by atoms with Gasteiger partial charge in [0, 0.05) is 31.7 Å². The zero-order chi connectivity index (χ0) is 23.2. The molecule has 10 nitrogen and oxygen atoms in total. The van der Waals surface area contributed by atoms with Crippen LogP contribution in [0.4, 0.5) is 11.6 Å². The number of nitrogens with one attached hydrogen (secondary N) is 2. The number of aliphatic hydroxyl groups excluding tert-OH is 1. The Labute approximate surface area is 195 Å². The van der Waals surface area contributed by atoms with Gasteiger partial charge in [-0.25, -0.2) is 14.3 Å². The molecule has 0 bridgehead atoms. The molecule has 1 fully saturated rings. The summed E-state index contributed by atoms with van der Waals surface area (Å²) in [7, 11) is 1.41. The van der Waals surface area contributed by atoms with E-state index >= 15 is 0 Å². The smallest absolute Gasteiger partial charge is 0.278 e. The Kier molecular flexibility index (Phi) is 5.13. The van der Waals surface area contributed by atoms with Crippen LogP contribution in [-0.4, -0.2) is 43.1 Å². The Balaban J connectivity index is 1.45. The normalized spacial score (nSPS) is 16.4. The fraction of sp³-hybridized carbons (Fsp3) is 0.333. The van der Waals surface area contributed by atoms with E-state index in [0.717, 1.165) is 38.0 Å². The number of aromatic nitrogens is 5. The molecule has 6 rings (SSSR count). The van der Waals surface area contributed by atoms with Crippen LogP contribution in [-0.2, 0) is 17.7 Å². The number of methoxy groups -OCH3 is 1. The molecule has 10 heteroatoms. The Hall–Kier alpha value is -3.60. The standard InChI is InChI=1S/C24H25N7O3/c1-34-23(33)20-11-18(7-9-26-20)30-21-19(22(32)31(30)17-4-5-17)13-27-24(29-21)28-16-3-2-14-6-8-25-12-15(14)10-16/h2-3,7,9-11,13,17,23,25,33H,4-6,8,12H2,1H3,(H,27,28,29). The molecule has 1 saturated carbocycles. The summed E-state index contributed by atoms with van der Waals surface area (Å²) in [5.74, 6) is 0.407.